The van der Waals surface area contributed by atoms with E-state index in [1.165, 1.54) is 5.57 Å². The molecule has 3 atom stereocenters. The first kappa shape index (κ1) is 18.0. The van der Waals surface area contributed by atoms with Crippen LogP contribution in [0.3, 0.4) is 0 Å². The van der Waals surface area contributed by atoms with Gasteiger partial charge in [0.1, 0.15) is 0 Å². The van der Waals surface area contributed by atoms with Crippen LogP contribution in [0.1, 0.15) is 39.5 Å². The molecule has 136 valence electrons. The Kier molecular flexibility index (Phi) is 5.42. The van der Waals surface area contributed by atoms with Crippen LogP contribution < -0.4 is 5.73 Å². The Bertz CT molecular complexity index is 501. The smallest absolute Gasteiger partial charge is 0.264 e. The van der Waals surface area contributed by atoms with E-state index in [0.29, 0.717) is 18.4 Å². The van der Waals surface area contributed by atoms with Crippen LogP contribution in [0, 0.1) is 5.92 Å². The maximum Gasteiger partial charge on any atom is 0.264 e. The van der Waals surface area contributed by atoms with Crippen molar-refractivity contribution in [3.8, 4) is 0 Å². The molecule has 2 aliphatic carbocycles. The van der Waals surface area contributed by atoms with Crippen molar-refractivity contribution < 1.29 is 8.78 Å². The average molecular weight is 339 g/mol. The van der Waals surface area contributed by atoms with E-state index in [-0.39, 0.29) is 12.5 Å². The lowest BCUT2D eigenvalue weighted by atomic mass is 9.85. The summed E-state index contributed by atoms with van der Waals surface area (Å²) in [5.41, 5.74) is 7.36. The molecule has 0 spiro atoms. The number of hydrogen-bond acceptors (Lipinski definition) is 3. The Balaban J connectivity index is 1.78. The zero-order valence-electron chi connectivity index (χ0n) is 14.9. The van der Waals surface area contributed by atoms with Crippen LogP contribution in [0.4, 0.5) is 8.78 Å². The fourth-order valence-electron chi connectivity index (χ4n) is 4.41. The van der Waals surface area contributed by atoms with Gasteiger partial charge in [-0.1, -0.05) is 18.2 Å². The molecule has 0 aromatic rings. The van der Waals surface area contributed by atoms with Crippen LogP contribution in [0.15, 0.2) is 23.8 Å². The van der Waals surface area contributed by atoms with Crippen molar-refractivity contribution >= 4 is 0 Å². The second kappa shape index (κ2) is 7.22. The van der Waals surface area contributed by atoms with Crippen molar-refractivity contribution in [2.24, 2.45) is 11.7 Å². The third-order valence-corrected chi connectivity index (χ3v) is 5.97. The number of halogens is 2. The van der Waals surface area contributed by atoms with Gasteiger partial charge in [-0.25, -0.2) is 8.78 Å². The molecule has 3 aliphatic rings. The second-order valence-corrected chi connectivity index (χ2v) is 7.87. The van der Waals surface area contributed by atoms with Gasteiger partial charge in [-0.15, -0.1) is 0 Å². The van der Waals surface area contributed by atoms with E-state index in [2.05, 4.69) is 41.9 Å². The Labute approximate surface area is 144 Å². The van der Waals surface area contributed by atoms with Gasteiger partial charge < -0.3 is 5.73 Å². The van der Waals surface area contributed by atoms with Crippen LogP contribution in [-0.2, 0) is 0 Å². The van der Waals surface area contributed by atoms with Gasteiger partial charge in [0, 0.05) is 50.6 Å². The molecule has 1 unspecified atom stereocenters. The van der Waals surface area contributed by atoms with Crippen LogP contribution in [0.5, 0.6) is 0 Å². The van der Waals surface area contributed by atoms with Gasteiger partial charge in [0.2, 0.25) is 0 Å². The molecule has 1 saturated heterocycles. The molecule has 0 amide bonds. The lowest BCUT2D eigenvalue weighted by molar-refractivity contribution is -0.0828. The molecular weight excluding hydrogens is 308 g/mol. The Morgan fingerprint density at radius 3 is 2.71 bits per heavy atom. The molecule has 0 radical (unpaired) electrons. The predicted molar refractivity (Wildman–Crippen MR) is 94.2 cm³/mol. The highest BCUT2D eigenvalue weighted by atomic mass is 19.3. The van der Waals surface area contributed by atoms with E-state index in [1.54, 1.807) is 0 Å². The van der Waals surface area contributed by atoms with Crippen molar-refractivity contribution in [1.82, 2.24) is 9.80 Å². The van der Waals surface area contributed by atoms with Gasteiger partial charge in [0.25, 0.3) is 5.92 Å². The normalized spacial score (nSPS) is 35.2. The lowest BCUT2D eigenvalue weighted by Gasteiger charge is -2.42. The summed E-state index contributed by atoms with van der Waals surface area (Å²) in [6.45, 7) is 8.04. The van der Waals surface area contributed by atoms with Gasteiger partial charge in [-0.05, 0) is 38.7 Å². The summed E-state index contributed by atoms with van der Waals surface area (Å²) in [5, 5.41) is 0. The highest BCUT2D eigenvalue weighted by Gasteiger charge is 2.47. The molecule has 1 saturated carbocycles. The van der Waals surface area contributed by atoms with E-state index >= 15 is 0 Å². The molecule has 0 aromatic heterocycles. The Morgan fingerprint density at radius 2 is 2.04 bits per heavy atom. The number of alkyl halides is 2. The number of nitrogens with two attached hydrogens (primary N) is 1. The van der Waals surface area contributed by atoms with Crippen molar-refractivity contribution in [3.63, 3.8) is 0 Å². The van der Waals surface area contributed by atoms with Gasteiger partial charge >= 0.3 is 0 Å². The Morgan fingerprint density at radius 1 is 1.25 bits per heavy atom. The van der Waals surface area contributed by atoms with Crippen LogP contribution >= 0.6 is 0 Å². The fraction of sp³-hybridized carbons (Fsp3) is 0.789. The molecule has 5 heteroatoms. The first-order valence-corrected chi connectivity index (χ1v) is 9.36. The fourth-order valence-corrected chi connectivity index (χ4v) is 4.41. The molecule has 3 rings (SSSR count). The number of hydrogen-bond donors (Lipinski definition) is 1. The SMILES string of the molecule is CC(C)N1CCN([C@H]2CCCC(F)(F)[C@@H]2N)CC(C2=CCC=C2)C1. The summed E-state index contributed by atoms with van der Waals surface area (Å²) >= 11 is 0. The van der Waals surface area contributed by atoms with E-state index < -0.39 is 12.0 Å². The summed E-state index contributed by atoms with van der Waals surface area (Å²) in [4.78, 5) is 4.74. The number of nitrogens with zero attached hydrogens (tertiary/aromatic N) is 2. The van der Waals surface area contributed by atoms with E-state index in [4.69, 9.17) is 5.73 Å². The van der Waals surface area contributed by atoms with Crippen molar-refractivity contribution in [2.75, 3.05) is 26.2 Å². The van der Waals surface area contributed by atoms with Crippen LogP contribution in [0.2, 0.25) is 0 Å². The summed E-state index contributed by atoms with van der Waals surface area (Å²) in [5.74, 6) is -2.34. The quantitative estimate of drug-likeness (QED) is 0.858. The minimum absolute atomic E-state index is 0.0616. The maximum atomic E-state index is 14.1. The molecule has 2 N–H and O–H groups in total. The largest absolute Gasteiger partial charge is 0.321 e. The van der Waals surface area contributed by atoms with E-state index in [0.717, 1.165) is 39.0 Å². The number of allylic oxidation sites excluding steroid dienone is 3. The van der Waals surface area contributed by atoms with Crippen molar-refractivity contribution in [1.29, 1.82) is 0 Å². The molecule has 2 fully saturated rings. The minimum atomic E-state index is -2.73. The summed E-state index contributed by atoms with van der Waals surface area (Å²) < 4.78 is 28.2. The summed E-state index contributed by atoms with van der Waals surface area (Å²) in [6.07, 6.45) is 8.97. The number of rotatable bonds is 3. The third-order valence-electron chi connectivity index (χ3n) is 5.97. The molecule has 1 heterocycles. The van der Waals surface area contributed by atoms with Crippen molar-refractivity contribution in [2.45, 2.75) is 63.6 Å². The van der Waals surface area contributed by atoms with Crippen LogP contribution in [-0.4, -0.2) is 60.0 Å². The van der Waals surface area contributed by atoms with Gasteiger partial charge in [-0.2, -0.15) is 0 Å². The third kappa shape index (κ3) is 3.73. The lowest BCUT2D eigenvalue weighted by Crippen LogP contribution is -2.59. The highest BCUT2D eigenvalue weighted by molar-refractivity contribution is 5.29. The molecule has 1 aliphatic heterocycles. The zero-order valence-corrected chi connectivity index (χ0v) is 14.9. The molecule has 24 heavy (non-hydrogen) atoms. The average Bonchev–Trinajstić information content (AvgIpc) is 2.96. The molecule has 3 nitrogen and oxygen atoms in total. The molecular formula is C19H31F2N3. The van der Waals surface area contributed by atoms with Crippen molar-refractivity contribution in [3.05, 3.63) is 23.8 Å². The highest BCUT2D eigenvalue weighted by Crippen LogP contribution is 2.36. The van der Waals surface area contributed by atoms with Gasteiger partial charge in [0.15, 0.2) is 0 Å². The first-order valence-electron chi connectivity index (χ1n) is 9.36. The molecule has 0 bridgehead atoms. The van der Waals surface area contributed by atoms with E-state index in [9.17, 15) is 8.78 Å². The summed E-state index contributed by atoms with van der Waals surface area (Å²) in [6, 6.07) is -0.764. The topological polar surface area (TPSA) is 32.5 Å². The summed E-state index contributed by atoms with van der Waals surface area (Å²) in [7, 11) is 0. The van der Waals surface area contributed by atoms with Crippen LogP contribution in [0.25, 0.3) is 0 Å². The van der Waals surface area contributed by atoms with Gasteiger partial charge in [0.05, 0.1) is 6.04 Å². The van der Waals surface area contributed by atoms with E-state index in [1.807, 2.05) is 0 Å². The molecule has 0 aromatic carbocycles. The Hall–Kier alpha value is -0.780. The minimum Gasteiger partial charge on any atom is -0.321 e. The maximum absolute atomic E-state index is 14.1. The first-order chi connectivity index (χ1) is 11.4. The standard InChI is InChI=1S/C19H31F2N3/c1-14(2)23-10-11-24(13-16(12-23)15-6-3-4-7-15)17-8-5-9-19(20,21)18(17)22/h3,6-7,14,16-18H,4-5,8-13,22H2,1-2H3/t16?,17-,18+/m0/s1. The monoisotopic (exact) mass is 339 g/mol. The zero-order chi connectivity index (χ0) is 17.3. The second-order valence-electron chi connectivity index (χ2n) is 7.87. The van der Waals surface area contributed by atoms with Gasteiger partial charge in [-0.3, -0.25) is 9.80 Å². The predicted octanol–water partition coefficient (Wildman–Crippen LogP) is 3.03.